The molecule has 0 bridgehead atoms. The van der Waals surface area contributed by atoms with Crippen LogP contribution in [-0.4, -0.2) is 10.9 Å². The summed E-state index contributed by atoms with van der Waals surface area (Å²) in [5.41, 5.74) is 2.91. The molecule has 0 atom stereocenters. The number of nitrogens with one attached hydrogen (secondary N) is 1. The van der Waals surface area contributed by atoms with Crippen LogP contribution in [0.25, 0.3) is 0 Å². The highest BCUT2D eigenvalue weighted by Crippen LogP contribution is 2.23. The van der Waals surface area contributed by atoms with Crippen LogP contribution in [0.2, 0.25) is 0 Å². The second kappa shape index (κ2) is 5.83. The van der Waals surface area contributed by atoms with Gasteiger partial charge >= 0.3 is 0 Å². The van der Waals surface area contributed by atoms with Gasteiger partial charge < -0.3 is 5.32 Å². The van der Waals surface area contributed by atoms with Gasteiger partial charge in [0.1, 0.15) is 5.82 Å². The van der Waals surface area contributed by atoms with Gasteiger partial charge in [-0.1, -0.05) is 36.7 Å². The fraction of sp³-hybridized carbons (Fsp3) is 0.571. The Labute approximate surface area is 118 Å². The van der Waals surface area contributed by atoms with E-state index in [2.05, 4.69) is 26.2 Å². The second-order valence-corrected chi connectivity index (χ2v) is 5.76. The van der Waals surface area contributed by atoms with E-state index in [4.69, 9.17) is 0 Å². The predicted molar refractivity (Wildman–Crippen MR) is 79.0 cm³/mol. The Morgan fingerprint density at radius 3 is 2.56 bits per heavy atom. The molecular formula is C14H21BrN2O. The van der Waals surface area contributed by atoms with Crippen LogP contribution >= 0.6 is 15.9 Å². The smallest absolute Gasteiger partial charge is 0.231 e. The van der Waals surface area contributed by atoms with E-state index in [9.17, 15) is 4.79 Å². The van der Waals surface area contributed by atoms with Crippen molar-refractivity contribution in [2.24, 2.45) is 5.41 Å². The molecule has 1 aromatic heterocycles. The topological polar surface area (TPSA) is 42.0 Å². The molecule has 1 heterocycles. The van der Waals surface area contributed by atoms with E-state index in [-0.39, 0.29) is 11.3 Å². The van der Waals surface area contributed by atoms with Crippen LogP contribution in [-0.2, 0) is 10.1 Å². The Kier molecular flexibility index (Phi) is 4.91. The van der Waals surface area contributed by atoms with E-state index < -0.39 is 0 Å². The van der Waals surface area contributed by atoms with E-state index in [1.54, 1.807) is 0 Å². The Balaban J connectivity index is 2.99. The first-order valence-electron chi connectivity index (χ1n) is 6.16. The minimum Gasteiger partial charge on any atom is -0.310 e. The van der Waals surface area contributed by atoms with E-state index in [1.807, 2.05) is 40.7 Å². The largest absolute Gasteiger partial charge is 0.310 e. The lowest BCUT2D eigenvalue weighted by molar-refractivity contribution is -0.124. The van der Waals surface area contributed by atoms with Crippen LogP contribution in [0.5, 0.6) is 0 Å². The molecule has 0 aromatic carbocycles. The van der Waals surface area contributed by atoms with Gasteiger partial charge in [0.05, 0.1) is 0 Å². The fourth-order valence-electron chi connectivity index (χ4n) is 1.45. The summed E-state index contributed by atoms with van der Waals surface area (Å²) >= 11 is 3.46. The standard InChI is InChI=1S/C14H21BrN2O/c1-6-14(4,5)13(18)17-12-7-11(8-15)9(2)10(3)16-12/h7H,6,8H2,1-5H3,(H,16,17,18). The van der Waals surface area contributed by atoms with Gasteiger partial charge in [0, 0.05) is 16.4 Å². The summed E-state index contributed by atoms with van der Waals surface area (Å²) in [6.45, 7) is 9.89. The Hall–Kier alpha value is -0.900. The summed E-state index contributed by atoms with van der Waals surface area (Å²) in [5.74, 6) is 0.653. The van der Waals surface area contributed by atoms with Crippen molar-refractivity contribution >= 4 is 27.7 Å². The van der Waals surface area contributed by atoms with Crippen molar-refractivity contribution < 1.29 is 4.79 Å². The van der Waals surface area contributed by atoms with Crippen molar-refractivity contribution in [1.82, 2.24) is 4.98 Å². The molecule has 0 radical (unpaired) electrons. The third-order valence-corrected chi connectivity index (χ3v) is 4.11. The molecule has 1 rings (SSSR count). The zero-order valence-corrected chi connectivity index (χ0v) is 13.3. The molecule has 0 aliphatic carbocycles. The molecule has 1 amide bonds. The third-order valence-electron chi connectivity index (χ3n) is 3.51. The second-order valence-electron chi connectivity index (χ2n) is 5.20. The van der Waals surface area contributed by atoms with Gasteiger partial charge in [-0.2, -0.15) is 0 Å². The van der Waals surface area contributed by atoms with Gasteiger partial charge in [0.15, 0.2) is 0 Å². The summed E-state index contributed by atoms with van der Waals surface area (Å²) in [5, 5.41) is 3.67. The monoisotopic (exact) mass is 312 g/mol. The number of anilines is 1. The normalized spacial score (nSPS) is 11.4. The van der Waals surface area contributed by atoms with Crippen molar-refractivity contribution in [1.29, 1.82) is 0 Å². The number of carbonyl (C=O) groups is 1. The third kappa shape index (κ3) is 3.31. The molecule has 0 aliphatic heterocycles. The lowest BCUT2D eigenvalue weighted by Crippen LogP contribution is -2.30. The average molecular weight is 313 g/mol. The molecule has 100 valence electrons. The molecule has 18 heavy (non-hydrogen) atoms. The molecule has 0 unspecified atom stereocenters. The maximum Gasteiger partial charge on any atom is 0.231 e. The number of hydrogen-bond acceptors (Lipinski definition) is 2. The van der Waals surface area contributed by atoms with Crippen LogP contribution in [0.4, 0.5) is 5.82 Å². The van der Waals surface area contributed by atoms with Crippen molar-refractivity contribution in [3.8, 4) is 0 Å². The van der Waals surface area contributed by atoms with Crippen LogP contribution < -0.4 is 5.32 Å². The SMILES string of the molecule is CCC(C)(C)C(=O)Nc1cc(CBr)c(C)c(C)n1. The molecule has 4 heteroatoms. The molecule has 0 aliphatic rings. The molecule has 1 aromatic rings. The van der Waals surface area contributed by atoms with Gasteiger partial charge in [0.25, 0.3) is 0 Å². The lowest BCUT2D eigenvalue weighted by atomic mass is 9.89. The lowest BCUT2D eigenvalue weighted by Gasteiger charge is -2.21. The van der Waals surface area contributed by atoms with E-state index in [0.717, 1.165) is 23.0 Å². The van der Waals surface area contributed by atoms with Gasteiger partial charge in [-0.3, -0.25) is 4.79 Å². The zero-order valence-electron chi connectivity index (χ0n) is 11.7. The molecule has 0 saturated heterocycles. The number of carbonyl (C=O) groups excluding carboxylic acids is 1. The fourth-order valence-corrected chi connectivity index (χ4v) is 2.03. The highest BCUT2D eigenvalue weighted by atomic mass is 79.9. The maximum atomic E-state index is 12.1. The molecule has 0 spiro atoms. The van der Waals surface area contributed by atoms with Crippen LogP contribution in [0.1, 0.15) is 44.0 Å². The zero-order chi connectivity index (χ0) is 13.9. The highest BCUT2D eigenvalue weighted by Gasteiger charge is 2.25. The molecular weight excluding hydrogens is 292 g/mol. The van der Waals surface area contributed by atoms with Crippen LogP contribution in [0.15, 0.2) is 6.07 Å². The first-order chi connectivity index (χ1) is 8.31. The molecule has 0 fully saturated rings. The summed E-state index contributed by atoms with van der Waals surface area (Å²) in [7, 11) is 0. The Morgan fingerprint density at radius 1 is 1.44 bits per heavy atom. The number of rotatable bonds is 4. The highest BCUT2D eigenvalue weighted by molar-refractivity contribution is 9.08. The average Bonchev–Trinajstić information content (AvgIpc) is 2.33. The number of pyridine rings is 1. The number of amides is 1. The number of alkyl halides is 1. The Bertz CT molecular complexity index is 455. The summed E-state index contributed by atoms with van der Waals surface area (Å²) in [6, 6.07) is 1.93. The Morgan fingerprint density at radius 2 is 2.06 bits per heavy atom. The van der Waals surface area contributed by atoms with Crippen LogP contribution in [0, 0.1) is 19.3 Å². The van der Waals surface area contributed by atoms with Gasteiger partial charge in [-0.15, -0.1) is 0 Å². The first-order valence-corrected chi connectivity index (χ1v) is 7.28. The first kappa shape index (κ1) is 15.2. The van der Waals surface area contributed by atoms with Crippen molar-refractivity contribution in [3.63, 3.8) is 0 Å². The number of halogens is 1. The predicted octanol–water partition coefficient (Wildman–Crippen LogP) is 3.97. The number of hydrogen-bond donors (Lipinski definition) is 1. The number of nitrogens with zero attached hydrogens (tertiary/aromatic N) is 1. The summed E-state index contributed by atoms with van der Waals surface area (Å²) in [6.07, 6.45) is 0.801. The minimum atomic E-state index is -0.366. The van der Waals surface area contributed by atoms with Gasteiger partial charge in [-0.25, -0.2) is 4.98 Å². The molecule has 3 nitrogen and oxygen atoms in total. The summed E-state index contributed by atoms with van der Waals surface area (Å²) in [4.78, 5) is 16.5. The number of aryl methyl sites for hydroxylation is 1. The molecule has 1 N–H and O–H groups in total. The van der Waals surface area contributed by atoms with Crippen molar-refractivity contribution in [2.75, 3.05) is 5.32 Å². The summed E-state index contributed by atoms with van der Waals surface area (Å²) < 4.78 is 0. The van der Waals surface area contributed by atoms with E-state index in [1.165, 1.54) is 5.56 Å². The van der Waals surface area contributed by atoms with Crippen molar-refractivity contribution in [2.45, 2.75) is 46.4 Å². The maximum absolute atomic E-state index is 12.1. The van der Waals surface area contributed by atoms with Crippen molar-refractivity contribution in [3.05, 3.63) is 22.9 Å². The van der Waals surface area contributed by atoms with Crippen LogP contribution in [0.3, 0.4) is 0 Å². The molecule has 0 saturated carbocycles. The van der Waals surface area contributed by atoms with Gasteiger partial charge in [-0.05, 0) is 37.5 Å². The van der Waals surface area contributed by atoms with E-state index >= 15 is 0 Å². The van der Waals surface area contributed by atoms with Gasteiger partial charge in [0.2, 0.25) is 5.91 Å². The van der Waals surface area contributed by atoms with E-state index in [0.29, 0.717) is 5.82 Å². The number of aromatic nitrogens is 1. The minimum absolute atomic E-state index is 0.0151. The quantitative estimate of drug-likeness (QED) is 0.855.